The first-order valence-electron chi connectivity index (χ1n) is 5.04. The van der Waals surface area contributed by atoms with Crippen molar-refractivity contribution in [1.82, 2.24) is 0 Å². The average Bonchev–Trinajstić information content (AvgIpc) is 2.29. The molecule has 0 bridgehead atoms. The van der Waals surface area contributed by atoms with Gasteiger partial charge in [0, 0.05) is 11.1 Å². The van der Waals surface area contributed by atoms with Crippen LogP contribution in [0.3, 0.4) is 0 Å². The number of rotatable bonds is 2. The van der Waals surface area contributed by atoms with Crippen LogP contribution in [-0.2, 0) is 0 Å². The zero-order valence-electron chi connectivity index (χ0n) is 8.83. The van der Waals surface area contributed by atoms with Crippen LogP contribution in [0.4, 0.5) is 8.78 Å². The van der Waals surface area contributed by atoms with Crippen molar-refractivity contribution in [2.75, 3.05) is 0 Å². The van der Waals surface area contributed by atoms with Crippen LogP contribution in [0.5, 0.6) is 0 Å². The highest BCUT2D eigenvalue weighted by Crippen LogP contribution is 2.27. The maximum absolute atomic E-state index is 12.3. The summed E-state index contributed by atoms with van der Waals surface area (Å²) in [5, 5.41) is 0.585. The van der Waals surface area contributed by atoms with E-state index in [0.717, 1.165) is 17.2 Å². The Kier molecular flexibility index (Phi) is 3.55. The molecule has 86 valence electrons. The van der Waals surface area contributed by atoms with E-state index in [2.05, 4.69) is 0 Å². The van der Waals surface area contributed by atoms with E-state index in [9.17, 15) is 8.78 Å². The van der Waals surface area contributed by atoms with E-state index < -0.39 is 6.08 Å². The van der Waals surface area contributed by atoms with E-state index in [0.29, 0.717) is 10.6 Å². The molecule has 0 nitrogen and oxygen atoms in total. The van der Waals surface area contributed by atoms with Crippen LogP contribution >= 0.6 is 11.6 Å². The maximum Gasteiger partial charge on any atom is 0.270 e. The summed E-state index contributed by atoms with van der Waals surface area (Å²) in [6.07, 6.45) is -0.851. The summed E-state index contributed by atoms with van der Waals surface area (Å²) in [6.45, 7) is 0. The largest absolute Gasteiger partial charge is 0.270 e. The molecule has 2 rings (SSSR count). The highest BCUT2D eigenvalue weighted by molar-refractivity contribution is 6.30. The van der Waals surface area contributed by atoms with E-state index in [1.165, 1.54) is 0 Å². The lowest BCUT2D eigenvalue weighted by Crippen LogP contribution is -1.83. The first kappa shape index (κ1) is 11.8. The van der Waals surface area contributed by atoms with Crippen LogP contribution in [0.15, 0.2) is 54.6 Å². The molecule has 0 radical (unpaired) electrons. The molecule has 0 aliphatic heterocycles. The maximum atomic E-state index is 12.3. The van der Waals surface area contributed by atoms with Crippen LogP contribution in [0.25, 0.3) is 17.2 Å². The van der Waals surface area contributed by atoms with E-state index in [-0.39, 0.29) is 0 Å². The fourth-order valence-corrected chi connectivity index (χ4v) is 1.85. The van der Waals surface area contributed by atoms with Crippen molar-refractivity contribution in [3.8, 4) is 11.1 Å². The van der Waals surface area contributed by atoms with Gasteiger partial charge in [0.15, 0.2) is 0 Å². The summed E-state index contributed by atoms with van der Waals surface area (Å²) in [7, 11) is 0. The highest BCUT2D eigenvalue weighted by Gasteiger charge is 2.04. The second-order valence-electron chi connectivity index (χ2n) is 3.53. The van der Waals surface area contributed by atoms with Gasteiger partial charge in [0.2, 0.25) is 0 Å². The minimum Gasteiger partial charge on any atom is -0.173 e. The zero-order chi connectivity index (χ0) is 12.3. The van der Waals surface area contributed by atoms with Crippen molar-refractivity contribution in [3.05, 3.63) is 65.2 Å². The van der Waals surface area contributed by atoms with Crippen molar-refractivity contribution in [2.45, 2.75) is 0 Å². The van der Waals surface area contributed by atoms with Gasteiger partial charge in [0.05, 0.1) is 0 Å². The van der Waals surface area contributed by atoms with E-state index in [1.54, 1.807) is 36.4 Å². The standard InChI is InChI=1S/C14H9ClF2/c15-12-6-3-5-10(8-12)13-7-2-1-4-11(13)9-14(16)17/h1-9H. The van der Waals surface area contributed by atoms with E-state index in [4.69, 9.17) is 11.6 Å². The smallest absolute Gasteiger partial charge is 0.173 e. The Morgan fingerprint density at radius 2 is 1.76 bits per heavy atom. The van der Waals surface area contributed by atoms with Crippen LogP contribution in [0, 0.1) is 0 Å². The Morgan fingerprint density at radius 1 is 1.00 bits per heavy atom. The third kappa shape index (κ3) is 2.92. The monoisotopic (exact) mass is 250 g/mol. The second kappa shape index (κ2) is 5.11. The molecule has 0 unspecified atom stereocenters. The fourth-order valence-electron chi connectivity index (χ4n) is 1.66. The predicted molar refractivity (Wildman–Crippen MR) is 67.1 cm³/mol. The lowest BCUT2D eigenvalue weighted by atomic mass is 10.00. The lowest BCUT2D eigenvalue weighted by Gasteiger charge is -2.06. The van der Waals surface area contributed by atoms with Crippen LogP contribution < -0.4 is 0 Å². The summed E-state index contributed by atoms with van der Waals surface area (Å²) >= 11 is 5.89. The van der Waals surface area contributed by atoms with Crippen molar-refractivity contribution in [3.63, 3.8) is 0 Å². The van der Waals surface area contributed by atoms with Crippen molar-refractivity contribution < 1.29 is 8.78 Å². The zero-order valence-corrected chi connectivity index (χ0v) is 9.59. The number of benzene rings is 2. The number of hydrogen-bond donors (Lipinski definition) is 0. The Labute approximate surface area is 103 Å². The average molecular weight is 251 g/mol. The number of halogens is 3. The Hall–Kier alpha value is -1.67. The fraction of sp³-hybridized carbons (Fsp3) is 0. The molecule has 0 heterocycles. The molecule has 0 fully saturated rings. The molecule has 0 aliphatic rings. The Morgan fingerprint density at radius 3 is 2.47 bits per heavy atom. The summed E-state index contributed by atoms with van der Waals surface area (Å²) in [5.41, 5.74) is 2.04. The van der Waals surface area contributed by atoms with Gasteiger partial charge in [-0.25, -0.2) is 0 Å². The molecule has 17 heavy (non-hydrogen) atoms. The van der Waals surface area contributed by atoms with Gasteiger partial charge >= 0.3 is 0 Å². The van der Waals surface area contributed by atoms with Crippen molar-refractivity contribution >= 4 is 17.7 Å². The summed E-state index contributed by atoms with van der Waals surface area (Å²) in [5.74, 6) is 0. The first-order chi connectivity index (χ1) is 8.16. The molecule has 0 atom stereocenters. The molecule has 0 saturated carbocycles. The minimum absolute atomic E-state index is 0.481. The van der Waals surface area contributed by atoms with E-state index >= 15 is 0 Å². The molecular weight excluding hydrogens is 242 g/mol. The van der Waals surface area contributed by atoms with Gasteiger partial charge in [-0.05, 0) is 28.8 Å². The first-order valence-corrected chi connectivity index (χ1v) is 5.42. The van der Waals surface area contributed by atoms with Gasteiger partial charge in [-0.2, -0.15) is 8.78 Å². The second-order valence-corrected chi connectivity index (χ2v) is 3.97. The molecule has 0 spiro atoms. The van der Waals surface area contributed by atoms with Gasteiger partial charge < -0.3 is 0 Å². The van der Waals surface area contributed by atoms with Gasteiger partial charge in [-0.15, -0.1) is 0 Å². The molecule has 2 aromatic carbocycles. The molecule has 0 aliphatic carbocycles. The summed E-state index contributed by atoms with van der Waals surface area (Å²) < 4.78 is 24.7. The predicted octanol–water partition coefficient (Wildman–Crippen LogP) is 5.24. The van der Waals surface area contributed by atoms with Gasteiger partial charge in [0.1, 0.15) is 0 Å². The molecule has 2 aromatic rings. The molecule has 0 aromatic heterocycles. The van der Waals surface area contributed by atoms with Gasteiger partial charge in [0.25, 0.3) is 6.08 Å². The molecule has 0 N–H and O–H groups in total. The van der Waals surface area contributed by atoms with Crippen LogP contribution in [0.2, 0.25) is 5.02 Å². The summed E-state index contributed by atoms with van der Waals surface area (Å²) in [4.78, 5) is 0. The minimum atomic E-state index is -1.71. The third-order valence-corrected chi connectivity index (χ3v) is 2.60. The normalized spacial score (nSPS) is 10.1. The van der Waals surface area contributed by atoms with Crippen molar-refractivity contribution in [1.29, 1.82) is 0 Å². The molecule has 0 amide bonds. The third-order valence-electron chi connectivity index (χ3n) is 2.36. The van der Waals surface area contributed by atoms with Gasteiger partial charge in [-0.1, -0.05) is 48.0 Å². The SMILES string of the molecule is FC(F)=Cc1ccccc1-c1cccc(Cl)c1. The molecule has 3 heteroatoms. The van der Waals surface area contributed by atoms with Gasteiger partial charge in [-0.3, -0.25) is 0 Å². The van der Waals surface area contributed by atoms with Crippen LogP contribution in [-0.4, -0.2) is 0 Å². The quantitative estimate of drug-likeness (QED) is 0.683. The highest BCUT2D eigenvalue weighted by atomic mass is 35.5. The van der Waals surface area contributed by atoms with Crippen molar-refractivity contribution in [2.24, 2.45) is 0 Å². The topological polar surface area (TPSA) is 0 Å². The Balaban J connectivity index is 2.56. The van der Waals surface area contributed by atoms with E-state index in [1.807, 2.05) is 12.1 Å². The van der Waals surface area contributed by atoms with Crippen LogP contribution in [0.1, 0.15) is 5.56 Å². The Bertz CT molecular complexity index is 558. The lowest BCUT2D eigenvalue weighted by molar-refractivity contribution is 0.429. The molecular formula is C14H9ClF2. The summed E-state index contributed by atoms with van der Waals surface area (Å²) in [6, 6.07) is 14.1. The molecule has 0 saturated heterocycles. The number of hydrogen-bond acceptors (Lipinski definition) is 0.